The monoisotopic (exact) mass is 418 g/mol. The van der Waals surface area contributed by atoms with Crippen molar-refractivity contribution in [1.29, 1.82) is 0 Å². The van der Waals surface area contributed by atoms with Gasteiger partial charge in [0.05, 0.1) is 20.3 Å². The van der Waals surface area contributed by atoms with Gasteiger partial charge in [0.2, 0.25) is 0 Å². The minimum absolute atomic E-state index is 0.0584. The molecule has 0 aromatic heterocycles. The molecule has 0 atom stereocenters. The van der Waals surface area contributed by atoms with Gasteiger partial charge in [-0.15, -0.1) is 0 Å². The van der Waals surface area contributed by atoms with Gasteiger partial charge in [-0.25, -0.2) is 0 Å². The van der Waals surface area contributed by atoms with Crippen LogP contribution in [0.3, 0.4) is 0 Å². The standard InChI is InChI=1S/C26H30N2O3/c1-30-24-9-5-3-7-22(24)26(23-8-4-6-10-25(23)31-2)28-17-15-27(16-18-28)19-20-11-13-21(29)14-12-20/h3-14,26,29H,15-19H2,1-2H3. The lowest BCUT2D eigenvalue weighted by Gasteiger charge is -2.40. The van der Waals surface area contributed by atoms with Crippen molar-refractivity contribution in [3.05, 3.63) is 89.5 Å². The van der Waals surface area contributed by atoms with Crippen molar-refractivity contribution >= 4 is 0 Å². The van der Waals surface area contributed by atoms with Gasteiger partial charge in [0, 0.05) is 43.9 Å². The highest BCUT2D eigenvalue weighted by molar-refractivity contribution is 5.46. The Kier molecular flexibility index (Phi) is 6.75. The highest BCUT2D eigenvalue weighted by Crippen LogP contribution is 2.39. The summed E-state index contributed by atoms with van der Waals surface area (Å²) in [6.07, 6.45) is 0. The van der Waals surface area contributed by atoms with Gasteiger partial charge in [-0.2, -0.15) is 0 Å². The molecule has 3 aromatic carbocycles. The third-order valence-corrected chi connectivity index (χ3v) is 5.98. The summed E-state index contributed by atoms with van der Waals surface area (Å²) in [5, 5.41) is 9.52. The summed E-state index contributed by atoms with van der Waals surface area (Å²) >= 11 is 0. The van der Waals surface area contributed by atoms with Crippen LogP contribution in [0.2, 0.25) is 0 Å². The van der Waals surface area contributed by atoms with Crippen molar-refractivity contribution in [2.24, 2.45) is 0 Å². The summed E-state index contributed by atoms with van der Waals surface area (Å²) in [6, 6.07) is 24.1. The molecule has 5 heteroatoms. The fourth-order valence-electron chi connectivity index (χ4n) is 4.38. The van der Waals surface area contributed by atoms with Crippen LogP contribution in [0.4, 0.5) is 0 Å². The van der Waals surface area contributed by atoms with Gasteiger partial charge >= 0.3 is 0 Å². The maximum absolute atomic E-state index is 9.52. The predicted octanol–water partition coefficient (Wildman–Crippen LogP) is 4.32. The fraction of sp³-hybridized carbons (Fsp3) is 0.308. The van der Waals surface area contributed by atoms with E-state index in [1.165, 1.54) is 5.56 Å². The first-order valence-electron chi connectivity index (χ1n) is 10.7. The van der Waals surface area contributed by atoms with Crippen LogP contribution in [-0.2, 0) is 6.54 Å². The van der Waals surface area contributed by atoms with Gasteiger partial charge in [0.1, 0.15) is 17.2 Å². The average molecular weight is 419 g/mol. The molecule has 5 nitrogen and oxygen atoms in total. The molecular weight excluding hydrogens is 388 g/mol. The van der Waals surface area contributed by atoms with E-state index in [0.29, 0.717) is 5.75 Å². The fourth-order valence-corrected chi connectivity index (χ4v) is 4.38. The van der Waals surface area contributed by atoms with E-state index in [-0.39, 0.29) is 6.04 Å². The van der Waals surface area contributed by atoms with E-state index >= 15 is 0 Å². The van der Waals surface area contributed by atoms with Crippen molar-refractivity contribution in [3.8, 4) is 17.2 Å². The van der Waals surface area contributed by atoms with Crippen LogP contribution >= 0.6 is 0 Å². The lowest BCUT2D eigenvalue weighted by molar-refractivity contribution is 0.103. The molecule has 1 N–H and O–H groups in total. The summed E-state index contributed by atoms with van der Waals surface area (Å²) < 4.78 is 11.4. The number of methoxy groups -OCH3 is 2. The van der Waals surface area contributed by atoms with E-state index in [9.17, 15) is 5.11 Å². The molecule has 4 rings (SSSR count). The number of ether oxygens (including phenoxy) is 2. The lowest BCUT2D eigenvalue weighted by Crippen LogP contribution is -2.47. The first-order valence-corrected chi connectivity index (χ1v) is 10.7. The molecule has 0 saturated carbocycles. The number of rotatable bonds is 7. The predicted molar refractivity (Wildman–Crippen MR) is 123 cm³/mol. The van der Waals surface area contributed by atoms with Crippen molar-refractivity contribution in [3.63, 3.8) is 0 Å². The number of para-hydroxylation sites is 2. The van der Waals surface area contributed by atoms with Crippen molar-refractivity contribution in [2.45, 2.75) is 12.6 Å². The number of phenols is 1. The SMILES string of the molecule is COc1ccccc1C(c1ccccc1OC)N1CCN(Cc2ccc(O)cc2)CC1. The Balaban J connectivity index is 1.57. The minimum Gasteiger partial charge on any atom is -0.508 e. The van der Waals surface area contributed by atoms with Crippen molar-refractivity contribution < 1.29 is 14.6 Å². The second kappa shape index (κ2) is 9.86. The molecule has 1 aliphatic heterocycles. The zero-order valence-corrected chi connectivity index (χ0v) is 18.2. The summed E-state index contributed by atoms with van der Waals surface area (Å²) in [5.74, 6) is 2.10. The molecule has 0 radical (unpaired) electrons. The molecule has 1 saturated heterocycles. The Bertz CT molecular complexity index is 934. The first-order chi connectivity index (χ1) is 15.2. The Morgan fingerprint density at radius 2 is 1.26 bits per heavy atom. The Morgan fingerprint density at radius 1 is 0.742 bits per heavy atom. The summed E-state index contributed by atoms with van der Waals surface area (Å²) in [5.41, 5.74) is 3.53. The van der Waals surface area contributed by atoms with E-state index in [1.807, 2.05) is 36.4 Å². The minimum atomic E-state index is 0.0584. The number of aromatic hydroxyl groups is 1. The number of nitrogens with zero attached hydrogens (tertiary/aromatic N) is 2. The van der Waals surface area contributed by atoms with Crippen LogP contribution in [0.1, 0.15) is 22.7 Å². The molecule has 1 fully saturated rings. The van der Waals surface area contributed by atoms with Gasteiger partial charge in [-0.3, -0.25) is 9.80 Å². The number of hydrogen-bond donors (Lipinski definition) is 1. The molecule has 1 heterocycles. The third-order valence-electron chi connectivity index (χ3n) is 5.98. The largest absolute Gasteiger partial charge is 0.508 e. The second-order valence-corrected chi connectivity index (χ2v) is 7.87. The molecule has 3 aromatic rings. The molecule has 0 spiro atoms. The van der Waals surface area contributed by atoms with E-state index < -0.39 is 0 Å². The maximum Gasteiger partial charge on any atom is 0.123 e. The maximum atomic E-state index is 9.52. The van der Waals surface area contributed by atoms with E-state index in [1.54, 1.807) is 26.4 Å². The Labute approximate surface area is 184 Å². The average Bonchev–Trinajstić information content (AvgIpc) is 2.82. The smallest absolute Gasteiger partial charge is 0.123 e. The molecule has 0 bridgehead atoms. The number of benzene rings is 3. The quantitative estimate of drug-likeness (QED) is 0.619. The first kappa shape index (κ1) is 21.2. The third kappa shape index (κ3) is 4.84. The van der Waals surface area contributed by atoms with Gasteiger partial charge in [0.25, 0.3) is 0 Å². The number of piperazine rings is 1. The van der Waals surface area contributed by atoms with Gasteiger partial charge in [-0.05, 0) is 29.8 Å². The topological polar surface area (TPSA) is 45.2 Å². The van der Waals surface area contributed by atoms with Gasteiger partial charge < -0.3 is 14.6 Å². The molecule has 0 unspecified atom stereocenters. The van der Waals surface area contributed by atoms with E-state index in [4.69, 9.17) is 9.47 Å². The van der Waals surface area contributed by atoms with Crippen LogP contribution in [0.15, 0.2) is 72.8 Å². The summed E-state index contributed by atoms with van der Waals surface area (Å²) in [6.45, 7) is 4.73. The molecule has 0 aliphatic carbocycles. The van der Waals surface area contributed by atoms with Crippen LogP contribution in [-0.4, -0.2) is 55.3 Å². The molecule has 0 amide bonds. The van der Waals surface area contributed by atoms with Crippen LogP contribution < -0.4 is 9.47 Å². The summed E-state index contributed by atoms with van der Waals surface area (Å²) in [7, 11) is 3.46. The second-order valence-electron chi connectivity index (χ2n) is 7.87. The number of hydrogen-bond acceptors (Lipinski definition) is 5. The normalized spacial score (nSPS) is 15.2. The van der Waals surface area contributed by atoms with Gasteiger partial charge in [0.15, 0.2) is 0 Å². The summed E-state index contributed by atoms with van der Waals surface area (Å²) in [4.78, 5) is 4.98. The lowest BCUT2D eigenvalue weighted by atomic mass is 9.94. The highest BCUT2D eigenvalue weighted by atomic mass is 16.5. The van der Waals surface area contributed by atoms with Crippen molar-refractivity contribution in [1.82, 2.24) is 9.80 Å². The zero-order valence-electron chi connectivity index (χ0n) is 18.2. The Hall–Kier alpha value is -3.02. The van der Waals surface area contributed by atoms with E-state index in [0.717, 1.165) is 55.3 Å². The van der Waals surface area contributed by atoms with Gasteiger partial charge in [-0.1, -0.05) is 48.5 Å². The molecule has 162 valence electrons. The van der Waals surface area contributed by atoms with Crippen LogP contribution in [0.5, 0.6) is 17.2 Å². The molecule has 1 aliphatic rings. The molecular formula is C26H30N2O3. The number of phenolic OH excluding ortho intramolecular Hbond substituents is 1. The Morgan fingerprint density at radius 3 is 1.77 bits per heavy atom. The van der Waals surface area contributed by atoms with Crippen LogP contribution in [0.25, 0.3) is 0 Å². The highest BCUT2D eigenvalue weighted by Gasteiger charge is 2.30. The zero-order chi connectivity index (χ0) is 21.6. The van der Waals surface area contributed by atoms with E-state index in [2.05, 4.69) is 34.1 Å². The van der Waals surface area contributed by atoms with Crippen molar-refractivity contribution in [2.75, 3.05) is 40.4 Å². The van der Waals surface area contributed by atoms with Crippen LogP contribution in [0, 0.1) is 0 Å². The molecule has 31 heavy (non-hydrogen) atoms.